The third-order valence-corrected chi connectivity index (χ3v) is 3.19. The lowest BCUT2D eigenvalue weighted by atomic mass is 10.1. The zero-order valence-corrected chi connectivity index (χ0v) is 9.50. The van der Waals surface area contributed by atoms with Crippen LogP contribution in [0.3, 0.4) is 0 Å². The molecule has 3 N–H and O–H groups in total. The van der Waals surface area contributed by atoms with Gasteiger partial charge < -0.3 is 15.4 Å². The van der Waals surface area contributed by atoms with Crippen molar-refractivity contribution in [3.05, 3.63) is 36.3 Å². The Bertz CT molecular complexity index is 530. The Kier molecular flexibility index (Phi) is 2.37. The molecule has 1 aliphatic heterocycles. The fourth-order valence-corrected chi connectivity index (χ4v) is 2.25. The first kappa shape index (κ1) is 10.4. The van der Waals surface area contributed by atoms with Gasteiger partial charge in [0.05, 0.1) is 5.69 Å². The molecular weight excluding hydrogens is 214 g/mol. The van der Waals surface area contributed by atoms with Crippen LogP contribution in [0.15, 0.2) is 30.5 Å². The SMILES string of the molecule is Nc1ccc(-c2cn3c(n2)[C@@H](O)CCC3)cc1. The number of fused-ring (bicyclic) bond motifs is 1. The summed E-state index contributed by atoms with van der Waals surface area (Å²) in [5, 5.41) is 9.86. The number of anilines is 1. The Morgan fingerprint density at radius 3 is 2.76 bits per heavy atom. The molecule has 2 heterocycles. The maximum atomic E-state index is 9.86. The van der Waals surface area contributed by atoms with Gasteiger partial charge in [-0.1, -0.05) is 12.1 Å². The molecule has 0 aliphatic carbocycles. The molecule has 0 fully saturated rings. The Morgan fingerprint density at radius 1 is 1.29 bits per heavy atom. The van der Waals surface area contributed by atoms with Crippen LogP contribution in [0.1, 0.15) is 24.8 Å². The van der Waals surface area contributed by atoms with Crippen molar-refractivity contribution in [2.24, 2.45) is 0 Å². The quantitative estimate of drug-likeness (QED) is 0.735. The second-order valence-corrected chi connectivity index (χ2v) is 4.46. The second kappa shape index (κ2) is 3.89. The minimum Gasteiger partial charge on any atom is -0.399 e. The molecule has 0 spiro atoms. The van der Waals surface area contributed by atoms with Crippen molar-refractivity contribution in [1.82, 2.24) is 9.55 Å². The van der Waals surface area contributed by atoms with Gasteiger partial charge in [-0.15, -0.1) is 0 Å². The number of aryl methyl sites for hydroxylation is 1. The van der Waals surface area contributed by atoms with E-state index < -0.39 is 6.10 Å². The number of aromatic nitrogens is 2. The predicted molar refractivity (Wildman–Crippen MR) is 66.3 cm³/mol. The Morgan fingerprint density at radius 2 is 2.06 bits per heavy atom. The molecule has 0 saturated carbocycles. The zero-order chi connectivity index (χ0) is 11.8. The summed E-state index contributed by atoms with van der Waals surface area (Å²) in [4.78, 5) is 4.50. The van der Waals surface area contributed by atoms with E-state index in [1.807, 2.05) is 35.0 Å². The van der Waals surface area contributed by atoms with Gasteiger partial charge in [0.25, 0.3) is 0 Å². The maximum Gasteiger partial charge on any atom is 0.138 e. The third kappa shape index (κ3) is 1.80. The molecule has 0 radical (unpaired) electrons. The van der Waals surface area contributed by atoms with E-state index in [1.165, 1.54) is 0 Å². The third-order valence-electron chi connectivity index (χ3n) is 3.19. The van der Waals surface area contributed by atoms with Gasteiger partial charge >= 0.3 is 0 Å². The summed E-state index contributed by atoms with van der Waals surface area (Å²) in [6.07, 6.45) is 3.39. The standard InChI is InChI=1S/C13H15N3O/c14-10-5-3-9(4-6-10)11-8-16-7-1-2-12(17)13(16)15-11/h3-6,8,12,17H,1-2,7,14H2/t12-/m0/s1. The molecule has 4 nitrogen and oxygen atoms in total. The van der Waals surface area contributed by atoms with Gasteiger partial charge in [-0.05, 0) is 25.0 Å². The molecule has 88 valence electrons. The first-order valence-electron chi connectivity index (χ1n) is 5.85. The molecular formula is C13H15N3O. The zero-order valence-electron chi connectivity index (χ0n) is 9.50. The largest absolute Gasteiger partial charge is 0.399 e. The smallest absolute Gasteiger partial charge is 0.138 e. The van der Waals surface area contributed by atoms with E-state index in [-0.39, 0.29) is 0 Å². The lowest BCUT2D eigenvalue weighted by Gasteiger charge is -2.18. The number of nitrogens with two attached hydrogens (primary N) is 1. The average Bonchev–Trinajstić information content (AvgIpc) is 2.75. The highest BCUT2D eigenvalue weighted by Crippen LogP contribution is 2.28. The lowest BCUT2D eigenvalue weighted by molar-refractivity contribution is 0.134. The van der Waals surface area contributed by atoms with E-state index in [0.717, 1.165) is 42.2 Å². The number of nitrogen functional groups attached to an aromatic ring is 1. The van der Waals surface area contributed by atoms with Crippen molar-refractivity contribution in [2.45, 2.75) is 25.5 Å². The summed E-state index contributed by atoms with van der Waals surface area (Å²) < 4.78 is 2.04. The van der Waals surface area contributed by atoms with Crippen molar-refractivity contribution in [3.63, 3.8) is 0 Å². The Hall–Kier alpha value is -1.81. The van der Waals surface area contributed by atoms with Gasteiger partial charge in [0.2, 0.25) is 0 Å². The van der Waals surface area contributed by atoms with E-state index in [4.69, 9.17) is 5.73 Å². The highest BCUT2D eigenvalue weighted by atomic mass is 16.3. The van der Waals surface area contributed by atoms with Crippen molar-refractivity contribution in [2.75, 3.05) is 5.73 Å². The number of aliphatic hydroxyl groups is 1. The highest BCUT2D eigenvalue weighted by Gasteiger charge is 2.20. The van der Waals surface area contributed by atoms with Crippen molar-refractivity contribution >= 4 is 5.69 Å². The van der Waals surface area contributed by atoms with Crippen LogP contribution in [0.5, 0.6) is 0 Å². The molecule has 1 aliphatic rings. The number of nitrogens with zero attached hydrogens (tertiary/aromatic N) is 2. The molecule has 17 heavy (non-hydrogen) atoms. The van der Waals surface area contributed by atoms with Crippen LogP contribution in [-0.4, -0.2) is 14.7 Å². The van der Waals surface area contributed by atoms with E-state index in [1.54, 1.807) is 0 Å². The van der Waals surface area contributed by atoms with Gasteiger partial charge in [0.15, 0.2) is 0 Å². The summed E-state index contributed by atoms with van der Waals surface area (Å²) in [5.74, 6) is 0.781. The minimum absolute atomic E-state index is 0.425. The van der Waals surface area contributed by atoms with Crippen LogP contribution in [0, 0.1) is 0 Å². The van der Waals surface area contributed by atoms with Gasteiger partial charge in [-0.2, -0.15) is 0 Å². The molecule has 0 bridgehead atoms. The van der Waals surface area contributed by atoms with E-state index in [2.05, 4.69) is 4.98 Å². The van der Waals surface area contributed by atoms with Gasteiger partial charge in [0, 0.05) is 24.0 Å². The molecule has 3 rings (SSSR count). The summed E-state index contributed by atoms with van der Waals surface area (Å²) in [6.45, 7) is 0.939. The number of imidazole rings is 1. The first-order chi connectivity index (χ1) is 8.24. The second-order valence-electron chi connectivity index (χ2n) is 4.46. The van der Waals surface area contributed by atoms with Crippen LogP contribution >= 0.6 is 0 Å². The van der Waals surface area contributed by atoms with Crippen LogP contribution in [0.4, 0.5) is 5.69 Å². The van der Waals surface area contributed by atoms with Crippen molar-refractivity contribution in [3.8, 4) is 11.3 Å². The van der Waals surface area contributed by atoms with E-state index in [0.29, 0.717) is 0 Å². The topological polar surface area (TPSA) is 64.1 Å². The number of aliphatic hydroxyl groups excluding tert-OH is 1. The normalized spacial score (nSPS) is 19.0. The fourth-order valence-electron chi connectivity index (χ4n) is 2.25. The van der Waals surface area contributed by atoms with Crippen molar-refractivity contribution < 1.29 is 5.11 Å². The highest BCUT2D eigenvalue weighted by molar-refractivity contribution is 5.61. The Labute approximate surface area is 99.7 Å². The molecule has 4 heteroatoms. The summed E-state index contributed by atoms with van der Waals surface area (Å²) in [6, 6.07) is 7.64. The van der Waals surface area contributed by atoms with Crippen LogP contribution in [-0.2, 0) is 6.54 Å². The first-order valence-corrected chi connectivity index (χ1v) is 5.85. The molecule has 1 aromatic heterocycles. The monoisotopic (exact) mass is 229 g/mol. The van der Waals surface area contributed by atoms with Crippen LogP contribution in [0.25, 0.3) is 11.3 Å². The molecule has 0 unspecified atom stereocenters. The lowest BCUT2D eigenvalue weighted by Crippen LogP contribution is -2.14. The van der Waals surface area contributed by atoms with Crippen LogP contribution in [0.2, 0.25) is 0 Å². The van der Waals surface area contributed by atoms with Gasteiger partial charge in [-0.3, -0.25) is 0 Å². The van der Waals surface area contributed by atoms with Gasteiger partial charge in [0.1, 0.15) is 11.9 Å². The number of rotatable bonds is 1. The molecule has 1 atom stereocenters. The molecule has 1 aromatic carbocycles. The van der Waals surface area contributed by atoms with E-state index in [9.17, 15) is 5.11 Å². The van der Waals surface area contributed by atoms with Gasteiger partial charge in [-0.25, -0.2) is 4.98 Å². The fraction of sp³-hybridized carbons (Fsp3) is 0.308. The molecule has 0 amide bonds. The summed E-state index contributed by atoms with van der Waals surface area (Å²) in [7, 11) is 0. The number of hydrogen-bond acceptors (Lipinski definition) is 3. The number of benzene rings is 1. The number of hydrogen-bond donors (Lipinski definition) is 2. The minimum atomic E-state index is -0.425. The van der Waals surface area contributed by atoms with Crippen molar-refractivity contribution in [1.29, 1.82) is 0 Å². The predicted octanol–water partition coefficient (Wildman–Crippen LogP) is 1.96. The van der Waals surface area contributed by atoms with Crippen LogP contribution < -0.4 is 5.73 Å². The van der Waals surface area contributed by atoms with E-state index >= 15 is 0 Å². The molecule has 0 saturated heterocycles. The summed E-state index contributed by atoms with van der Waals surface area (Å²) in [5.41, 5.74) is 8.35. The Balaban J connectivity index is 2.02. The maximum absolute atomic E-state index is 9.86. The summed E-state index contributed by atoms with van der Waals surface area (Å²) >= 11 is 0. The molecule has 2 aromatic rings. The average molecular weight is 229 g/mol.